The quantitative estimate of drug-likeness (QED) is 0.636. The van der Waals surface area contributed by atoms with Crippen molar-refractivity contribution in [1.82, 2.24) is 4.98 Å². The maximum atomic E-state index is 10.9. The smallest absolute Gasteiger partial charge is 0.331 e. The van der Waals surface area contributed by atoms with Gasteiger partial charge >= 0.3 is 5.69 Å². The second kappa shape index (κ2) is 5.85. The van der Waals surface area contributed by atoms with Crippen LogP contribution in [0.3, 0.4) is 0 Å². The van der Waals surface area contributed by atoms with Crippen LogP contribution in [0, 0.1) is 10.1 Å². The maximum Gasteiger partial charge on any atom is 0.331 e. The van der Waals surface area contributed by atoms with Crippen molar-refractivity contribution in [3.63, 3.8) is 0 Å². The predicted octanol–water partition coefficient (Wildman–Crippen LogP) is 2.59. The van der Waals surface area contributed by atoms with E-state index in [-0.39, 0.29) is 18.2 Å². The highest BCUT2D eigenvalue weighted by molar-refractivity contribution is 5.49. The van der Waals surface area contributed by atoms with E-state index in [1.54, 1.807) is 18.2 Å². The lowest BCUT2D eigenvalue weighted by Crippen LogP contribution is -2.04. The molecule has 0 aromatic carbocycles. The van der Waals surface area contributed by atoms with Gasteiger partial charge in [-0.25, -0.2) is 0 Å². The van der Waals surface area contributed by atoms with Gasteiger partial charge in [-0.1, -0.05) is 0 Å². The molecular formula is C12H13N3O4. The van der Waals surface area contributed by atoms with Crippen LogP contribution in [-0.2, 0) is 6.61 Å². The van der Waals surface area contributed by atoms with Gasteiger partial charge in [-0.3, -0.25) is 10.1 Å². The van der Waals surface area contributed by atoms with Crippen LogP contribution in [0.1, 0.15) is 12.7 Å². The summed E-state index contributed by atoms with van der Waals surface area (Å²) < 4.78 is 10.4. The highest BCUT2D eigenvalue weighted by Gasteiger charge is 2.18. The summed E-state index contributed by atoms with van der Waals surface area (Å²) in [6, 6.07) is 6.35. The minimum atomic E-state index is -0.528. The van der Waals surface area contributed by atoms with Crippen LogP contribution < -0.4 is 10.1 Å². The molecular weight excluding hydrogens is 250 g/mol. The van der Waals surface area contributed by atoms with Gasteiger partial charge in [0, 0.05) is 12.6 Å². The molecule has 19 heavy (non-hydrogen) atoms. The van der Waals surface area contributed by atoms with Crippen LogP contribution in [-0.4, -0.2) is 16.5 Å². The number of pyridine rings is 1. The van der Waals surface area contributed by atoms with Gasteiger partial charge in [0.05, 0.1) is 11.2 Å². The average molecular weight is 263 g/mol. The molecule has 2 heterocycles. The Bertz CT molecular complexity index is 554. The molecule has 2 aromatic heterocycles. The molecule has 0 bridgehead atoms. The molecule has 0 saturated carbocycles. The third-order valence-electron chi connectivity index (χ3n) is 2.33. The molecule has 0 atom stereocenters. The number of hydrogen-bond acceptors (Lipinski definition) is 6. The molecule has 2 aromatic rings. The van der Waals surface area contributed by atoms with Crippen molar-refractivity contribution in [3.8, 4) is 5.88 Å². The summed E-state index contributed by atoms with van der Waals surface area (Å²) in [7, 11) is 0. The lowest BCUT2D eigenvalue weighted by atomic mass is 10.4. The summed E-state index contributed by atoms with van der Waals surface area (Å²) in [4.78, 5) is 14.4. The van der Waals surface area contributed by atoms with Crippen LogP contribution in [0.2, 0.25) is 0 Å². The topological polar surface area (TPSA) is 90.4 Å². The monoisotopic (exact) mass is 263 g/mol. The zero-order valence-electron chi connectivity index (χ0n) is 10.3. The molecule has 0 aliphatic rings. The molecule has 0 aliphatic heterocycles. The number of ether oxygens (including phenoxy) is 1. The summed E-state index contributed by atoms with van der Waals surface area (Å²) in [5.41, 5.74) is -0.173. The molecule has 0 unspecified atom stereocenters. The van der Waals surface area contributed by atoms with E-state index in [2.05, 4.69) is 10.3 Å². The van der Waals surface area contributed by atoms with Crippen LogP contribution in [0.25, 0.3) is 0 Å². The van der Waals surface area contributed by atoms with Crippen molar-refractivity contribution in [1.29, 1.82) is 0 Å². The Morgan fingerprint density at radius 2 is 2.32 bits per heavy atom. The molecule has 2 rings (SSSR count). The van der Waals surface area contributed by atoms with E-state index in [1.165, 1.54) is 12.3 Å². The Morgan fingerprint density at radius 3 is 2.95 bits per heavy atom. The van der Waals surface area contributed by atoms with Crippen molar-refractivity contribution in [2.45, 2.75) is 13.5 Å². The lowest BCUT2D eigenvalue weighted by molar-refractivity contribution is -0.386. The molecule has 0 amide bonds. The maximum absolute atomic E-state index is 10.9. The molecule has 0 saturated heterocycles. The van der Waals surface area contributed by atoms with Crippen molar-refractivity contribution in [3.05, 3.63) is 46.4 Å². The average Bonchev–Trinajstić information content (AvgIpc) is 2.89. The first-order chi connectivity index (χ1) is 9.20. The summed E-state index contributed by atoms with van der Waals surface area (Å²) in [6.07, 6.45) is 1.51. The highest BCUT2D eigenvalue weighted by atomic mass is 16.6. The number of anilines is 1. The van der Waals surface area contributed by atoms with Gasteiger partial charge in [-0.05, 0) is 25.1 Å². The highest BCUT2D eigenvalue weighted by Crippen LogP contribution is 2.27. The van der Waals surface area contributed by atoms with Crippen LogP contribution in [0.4, 0.5) is 11.5 Å². The molecule has 1 N–H and O–H groups in total. The third-order valence-corrected chi connectivity index (χ3v) is 2.33. The van der Waals surface area contributed by atoms with Gasteiger partial charge in [0.1, 0.15) is 18.2 Å². The molecule has 0 spiro atoms. The summed E-state index contributed by atoms with van der Waals surface area (Å²) in [5.74, 6) is 1.08. The number of rotatable bonds is 6. The van der Waals surface area contributed by atoms with Crippen molar-refractivity contribution in [2.24, 2.45) is 0 Å². The predicted molar refractivity (Wildman–Crippen MR) is 68.1 cm³/mol. The van der Waals surface area contributed by atoms with Crippen LogP contribution >= 0.6 is 0 Å². The minimum absolute atomic E-state index is 0.0279. The molecule has 0 fully saturated rings. The summed E-state index contributed by atoms with van der Waals surface area (Å²) in [5, 5.41) is 13.9. The molecule has 0 aliphatic carbocycles. The fourth-order valence-electron chi connectivity index (χ4n) is 1.49. The van der Waals surface area contributed by atoms with E-state index in [0.717, 1.165) is 0 Å². The number of furan rings is 1. The largest absolute Gasteiger partial charge is 0.466 e. The van der Waals surface area contributed by atoms with Gasteiger partial charge in [-0.15, -0.1) is 0 Å². The zero-order valence-corrected chi connectivity index (χ0v) is 10.3. The molecule has 7 heteroatoms. The fourth-order valence-corrected chi connectivity index (χ4v) is 1.49. The van der Waals surface area contributed by atoms with E-state index in [1.807, 2.05) is 6.92 Å². The molecule has 0 radical (unpaired) electrons. The lowest BCUT2D eigenvalue weighted by Gasteiger charge is -2.07. The van der Waals surface area contributed by atoms with Gasteiger partial charge in [0.25, 0.3) is 5.88 Å². The van der Waals surface area contributed by atoms with E-state index in [4.69, 9.17) is 9.15 Å². The standard InChI is InChI=1S/C12H13N3O4/c1-2-13-11-6-5-10(15(16)17)12(14-11)19-8-9-4-3-7-18-9/h3-7H,2,8H2,1H3,(H,13,14). The zero-order chi connectivity index (χ0) is 13.7. The molecule has 100 valence electrons. The Morgan fingerprint density at radius 1 is 1.47 bits per heavy atom. The first kappa shape index (κ1) is 12.9. The van der Waals surface area contributed by atoms with Gasteiger partial charge < -0.3 is 14.5 Å². The Kier molecular flexibility index (Phi) is 3.97. The number of hydrogen-bond donors (Lipinski definition) is 1. The Hall–Kier alpha value is -2.57. The van der Waals surface area contributed by atoms with E-state index < -0.39 is 4.92 Å². The van der Waals surface area contributed by atoms with Crippen molar-refractivity contribution >= 4 is 11.5 Å². The second-order valence-corrected chi connectivity index (χ2v) is 3.68. The van der Waals surface area contributed by atoms with Crippen molar-refractivity contribution < 1.29 is 14.1 Å². The Balaban J connectivity index is 2.19. The summed E-state index contributed by atoms with van der Waals surface area (Å²) >= 11 is 0. The SMILES string of the molecule is CCNc1ccc([N+](=O)[O-])c(OCc2ccco2)n1. The first-order valence-corrected chi connectivity index (χ1v) is 5.75. The number of nitro groups is 1. The number of aromatic nitrogens is 1. The number of nitrogens with zero attached hydrogens (tertiary/aromatic N) is 2. The third kappa shape index (κ3) is 3.21. The van der Waals surface area contributed by atoms with Crippen LogP contribution in [0.5, 0.6) is 5.88 Å². The normalized spacial score (nSPS) is 10.2. The van der Waals surface area contributed by atoms with E-state index in [0.29, 0.717) is 18.1 Å². The van der Waals surface area contributed by atoms with Crippen molar-refractivity contribution in [2.75, 3.05) is 11.9 Å². The van der Waals surface area contributed by atoms with Gasteiger partial charge in [-0.2, -0.15) is 4.98 Å². The van der Waals surface area contributed by atoms with Gasteiger partial charge in [0.2, 0.25) is 0 Å². The van der Waals surface area contributed by atoms with E-state index in [9.17, 15) is 10.1 Å². The number of nitrogens with one attached hydrogen (secondary N) is 1. The van der Waals surface area contributed by atoms with E-state index >= 15 is 0 Å². The summed E-state index contributed by atoms with van der Waals surface area (Å²) in [6.45, 7) is 2.67. The first-order valence-electron chi connectivity index (χ1n) is 5.75. The minimum Gasteiger partial charge on any atom is -0.466 e. The fraction of sp³-hybridized carbons (Fsp3) is 0.250. The second-order valence-electron chi connectivity index (χ2n) is 3.68. The van der Waals surface area contributed by atoms with Gasteiger partial charge in [0.15, 0.2) is 0 Å². The van der Waals surface area contributed by atoms with Crippen LogP contribution in [0.15, 0.2) is 34.9 Å². The molecule has 7 nitrogen and oxygen atoms in total. The Labute approximate surface area is 109 Å².